The van der Waals surface area contributed by atoms with Gasteiger partial charge in [-0.3, -0.25) is 0 Å². The van der Waals surface area contributed by atoms with Crippen LogP contribution in [0.25, 0.3) is 0 Å². The minimum atomic E-state index is -2.41. The summed E-state index contributed by atoms with van der Waals surface area (Å²) in [6.07, 6.45) is 3.78. The smallest absolute Gasteiger partial charge is 0.223 e. The number of imidazole rings is 1. The molecule has 1 N–H and O–H groups in total. The second kappa shape index (κ2) is 6.30. The van der Waals surface area contributed by atoms with Crippen molar-refractivity contribution in [2.45, 2.75) is 0 Å². The van der Waals surface area contributed by atoms with E-state index in [1.807, 2.05) is 12.4 Å². The predicted molar refractivity (Wildman–Crippen MR) is 102 cm³/mol. The monoisotopic (exact) mass is 326 g/mol. The van der Waals surface area contributed by atoms with Crippen molar-refractivity contribution in [3.8, 4) is 0 Å². The summed E-state index contributed by atoms with van der Waals surface area (Å²) in [5.41, 5.74) is 1.06. The predicted octanol–water partition coefficient (Wildman–Crippen LogP) is 1.79. The topological polar surface area (TPSA) is 28.7 Å². The van der Waals surface area contributed by atoms with E-state index in [0.717, 1.165) is 5.45 Å². The van der Waals surface area contributed by atoms with Crippen LogP contribution in [0.3, 0.4) is 0 Å². The number of hydrogen-bond donors (Lipinski definition) is 1. The molecule has 0 saturated carbocycles. The van der Waals surface area contributed by atoms with Crippen LogP contribution in [-0.2, 0) is 0 Å². The molecule has 0 spiro atoms. The average molecular weight is 326 g/mol. The maximum absolute atomic E-state index is 4.72. The van der Waals surface area contributed by atoms with E-state index in [4.69, 9.17) is 4.98 Å². The molecule has 24 heavy (non-hydrogen) atoms. The summed E-state index contributed by atoms with van der Waals surface area (Å²) in [7, 11) is -2.41. The molecule has 4 aromatic rings. The van der Waals surface area contributed by atoms with Crippen LogP contribution in [0.4, 0.5) is 0 Å². The Labute approximate surface area is 142 Å². The molecule has 3 heteroatoms. The summed E-state index contributed by atoms with van der Waals surface area (Å²) in [5, 5.41) is 3.99. The molecule has 1 heterocycles. The molecule has 0 aliphatic carbocycles. The molecule has 0 aliphatic rings. The third-order valence-electron chi connectivity index (χ3n) is 4.47. The highest BCUT2D eigenvalue weighted by molar-refractivity contribution is 7.19. The second-order valence-electron chi connectivity index (χ2n) is 5.79. The quantitative estimate of drug-likeness (QED) is 0.449. The summed E-state index contributed by atoms with van der Waals surface area (Å²) in [6, 6.07) is 32.3. The standard InChI is InChI=1S/C21H18N2Si/c1-4-10-18(11-5-1)24(21-22-16-17-23-21,19-12-6-2-7-13-19)20-14-8-3-9-15-20/h1-17H,(H,22,23). The van der Waals surface area contributed by atoms with Gasteiger partial charge in [0.2, 0.25) is 8.07 Å². The first kappa shape index (κ1) is 14.7. The van der Waals surface area contributed by atoms with Crippen molar-refractivity contribution < 1.29 is 0 Å². The third kappa shape index (κ3) is 2.30. The highest BCUT2D eigenvalue weighted by Gasteiger charge is 2.43. The number of hydrogen-bond acceptors (Lipinski definition) is 1. The zero-order chi connectivity index (χ0) is 16.2. The fraction of sp³-hybridized carbons (Fsp3) is 0. The number of aromatic amines is 1. The van der Waals surface area contributed by atoms with Gasteiger partial charge in [-0.1, -0.05) is 91.0 Å². The van der Waals surface area contributed by atoms with E-state index in [1.165, 1.54) is 15.6 Å². The molecule has 0 radical (unpaired) electrons. The van der Waals surface area contributed by atoms with E-state index in [0.29, 0.717) is 0 Å². The second-order valence-corrected chi connectivity index (χ2v) is 9.49. The van der Waals surface area contributed by atoms with Crippen LogP contribution in [0.2, 0.25) is 0 Å². The number of H-pyrrole nitrogens is 1. The Balaban J connectivity index is 2.12. The van der Waals surface area contributed by atoms with E-state index in [9.17, 15) is 0 Å². The number of benzene rings is 3. The highest BCUT2D eigenvalue weighted by atomic mass is 28.3. The van der Waals surface area contributed by atoms with E-state index in [2.05, 4.69) is 96.0 Å². The van der Waals surface area contributed by atoms with Crippen molar-refractivity contribution >= 4 is 29.1 Å². The fourth-order valence-electron chi connectivity index (χ4n) is 3.44. The highest BCUT2D eigenvalue weighted by Crippen LogP contribution is 2.07. The van der Waals surface area contributed by atoms with Crippen LogP contribution in [0, 0.1) is 0 Å². The van der Waals surface area contributed by atoms with Crippen LogP contribution in [0.15, 0.2) is 103 Å². The molecule has 3 aromatic carbocycles. The van der Waals surface area contributed by atoms with Gasteiger partial charge in [-0.2, -0.15) is 0 Å². The third-order valence-corrected chi connectivity index (χ3v) is 9.06. The normalized spacial score (nSPS) is 11.3. The van der Waals surface area contributed by atoms with Crippen LogP contribution in [0.1, 0.15) is 0 Å². The van der Waals surface area contributed by atoms with Gasteiger partial charge in [-0.05, 0) is 15.6 Å². The van der Waals surface area contributed by atoms with Gasteiger partial charge in [0.1, 0.15) is 0 Å². The number of nitrogens with zero attached hydrogens (tertiary/aromatic N) is 1. The van der Waals surface area contributed by atoms with Crippen LogP contribution in [0.5, 0.6) is 0 Å². The van der Waals surface area contributed by atoms with Gasteiger partial charge < -0.3 is 4.98 Å². The molecule has 2 nitrogen and oxygen atoms in total. The lowest BCUT2D eigenvalue weighted by atomic mass is 10.3. The first-order valence-corrected chi connectivity index (χ1v) is 10.1. The molecule has 0 unspecified atom stereocenters. The molecule has 1 aromatic heterocycles. The number of aromatic nitrogens is 2. The van der Waals surface area contributed by atoms with Crippen LogP contribution >= 0.6 is 0 Å². The molecule has 0 amide bonds. The Morgan fingerprint density at radius 2 is 1.00 bits per heavy atom. The summed E-state index contributed by atoms with van der Waals surface area (Å²) < 4.78 is 0. The van der Waals surface area contributed by atoms with Gasteiger partial charge in [-0.15, -0.1) is 0 Å². The van der Waals surface area contributed by atoms with Crippen molar-refractivity contribution in [2.75, 3.05) is 0 Å². The van der Waals surface area contributed by atoms with E-state index < -0.39 is 8.07 Å². The molecule has 0 saturated heterocycles. The zero-order valence-corrected chi connectivity index (χ0v) is 14.3. The molecule has 116 valence electrons. The Bertz CT molecular complexity index is 792. The van der Waals surface area contributed by atoms with E-state index >= 15 is 0 Å². The zero-order valence-electron chi connectivity index (χ0n) is 13.3. The minimum absolute atomic E-state index is 1.06. The lowest BCUT2D eigenvalue weighted by molar-refractivity contribution is 1.38. The van der Waals surface area contributed by atoms with Crippen LogP contribution in [-0.4, -0.2) is 18.0 Å². The lowest BCUT2D eigenvalue weighted by Gasteiger charge is -2.31. The molecule has 0 bridgehead atoms. The van der Waals surface area contributed by atoms with Gasteiger partial charge >= 0.3 is 0 Å². The Kier molecular flexibility index (Phi) is 3.85. The first-order chi connectivity index (χ1) is 11.9. The number of rotatable bonds is 4. The SMILES string of the molecule is c1ccc([Si](c2ccccc2)(c2ccccc2)c2ncc[nH]2)cc1. The Morgan fingerprint density at radius 1 is 0.583 bits per heavy atom. The van der Waals surface area contributed by atoms with Gasteiger partial charge in [0.15, 0.2) is 0 Å². The average Bonchev–Trinajstić information content (AvgIpc) is 3.20. The maximum atomic E-state index is 4.72. The minimum Gasteiger partial charge on any atom is -0.352 e. The van der Waals surface area contributed by atoms with Gasteiger partial charge in [0.25, 0.3) is 0 Å². The fourth-order valence-corrected chi connectivity index (χ4v) is 7.91. The maximum Gasteiger partial charge on any atom is 0.223 e. The summed E-state index contributed by atoms with van der Waals surface area (Å²) >= 11 is 0. The molecular formula is C21H18N2Si. The van der Waals surface area contributed by atoms with Crippen molar-refractivity contribution in [3.05, 3.63) is 103 Å². The number of nitrogens with one attached hydrogen (secondary N) is 1. The summed E-state index contributed by atoms with van der Waals surface area (Å²) in [5.74, 6) is 0. The molecule has 4 rings (SSSR count). The first-order valence-electron chi connectivity index (χ1n) is 8.09. The van der Waals surface area contributed by atoms with Crippen molar-refractivity contribution in [3.63, 3.8) is 0 Å². The summed E-state index contributed by atoms with van der Waals surface area (Å²) in [6.45, 7) is 0. The Hall–Kier alpha value is -2.91. The van der Waals surface area contributed by atoms with Crippen LogP contribution < -0.4 is 21.0 Å². The molecular weight excluding hydrogens is 308 g/mol. The van der Waals surface area contributed by atoms with Gasteiger partial charge in [0, 0.05) is 12.4 Å². The lowest BCUT2D eigenvalue weighted by Crippen LogP contribution is -2.75. The van der Waals surface area contributed by atoms with Gasteiger partial charge in [0.05, 0.1) is 5.45 Å². The molecule has 0 aliphatic heterocycles. The van der Waals surface area contributed by atoms with Crippen molar-refractivity contribution in [1.82, 2.24) is 9.97 Å². The molecule has 0 atom stereocenters. The van der Waals surface area contributed by atoms with E-state index in [1.54, 1.807) is 0 Å². The van der Waals surface area contributed by atoms with E-state index in [-0.39, 0.29) is 0 Å². The van der Waals surface area contributed by atoms with Crippen molar-refractivity contribution in [1.29, 1.82) is 0 Å². The van der Waals surface area contributed by atoms with Gasteiger partial charge in [-0.25, -0.2) is 4.98 Å². The Morgan fingerprint density at radius 3 is 1.33 bits per heavy atom. The van der Waals surface area contributed by atoms with Crippen molar-refractivity contribution in [2.24, 2.45) is 0 Å². The largest absolute Gasteiger partial charge is 0.352 e. The summed E-state index contributed by atoms with van der Waals surface area (Å²) in [4.78, 5) is 8.15. The molecule has 0 fully saturated rings.